The molecule has 1 saturated carbocycles. The summed E-state index contributed by atoms with van der Waals surface area (Å²) >= 11 is 0. The van der Waals surface area contributed by atoms with E-state index in [9.17, 15) is 4.79 Å². The third-order valence-corrected chi connectivity index (χ3v) is 1.39. The van der Waals surface area contributed by atoms with E-state index in [4.69, 9.17) is 4.74 Å². The van der Waals surface area contributed by atoms with Crippen molar-refractivity contribution in [1.29, 1.82) is 0 Å². The summed E-state index contributed by atoms with van der Waals surface area (Å²) in [5.74, 6) is 0.315. The van der Waals surface area contributed by atoms with Crippen LogP contribution in [0, 0.1) is 0 Å². The molecule has 0 amide bonds. The van der Waals surface area contributed by atoms with Gasteiger partial charge in [0.15, 0.2) is 5.78 Å². The molecule has 0 spiro atoms. The van der Waals surface area contributed by atoms with Gasteiger partial charge in [-0.3, -0.25) is 4.79 Å². The Balaban J connectivity index is 2.29. The van der Waals surface area contributed by atoms with E-state index in [1.807, 2.05) is 0 Å². The molecule has 3 aliphatic rings. The average Bonchev–Trinajstić information content (AvgIpc) is 1.28. The van der Waals surface area contributed by atoms with Crippen LogP contribution in [0.3, 0.4) is 0 Å². The summed E-state index contributed by atoms with van der Waals surface area (Å²) in [7, 11) is 0. The number of hydrogen-bond acceptors (Lipinski definition) is 2. The number of ketones is 1. The summed E-state index contributed by atoms with van der Waals surface area (Å²) in [5.41, 5.74) is 0. The van der Waals surface area contributed by atoms with Crippen molar-refractivity contribution < 1.29 is 9.53 Å². The van der Waals surface area contributed by atoms with E-state index in [0.29, 0.717) is 5.78 Å². The van der Waals surface area contributed by atoms with E-state index < -0.39 is 0 Å². The van der Waals surface area contributed by atoms with Crippen molar-refractivity contribution in [3.8, 4) is 0 Å². The maximum atomic E-state index is 10.2. The smallest absolute Gasteiger partial charge is 0.190 e. The van der Waals surface area contributed by atoms with E-state index in [2.05, 4.69) is 0 Å². The molecule has 0 aromatic rings. The highest BCUT2D eigenvalue weighted by atomic mass is 16.6. The van der Waals surface area contributed by atoms with Crippen molar-refractivity contribution in [3.63, 3.8) is 0 Å². The molecule has 0 N–H and O–H groups in total. The normalized spacial score (nSPS) is 50.3. The molecule has 32 valence electrons. The summed E-state index contributed by atoms with van der Waals surface area (Å²) in [6, 6.07) is 0. The van der Waals surface area contributed by atoms with Gasteiger partial charge < -0.3 is 4.74 Å². The fourth-order valence-corrected chi connectivity index (χ4v) is 0.723. The minimum absolute atomic E-state index is 0.0370. The first-order valence-electron chi connectivity index (χ1n) is 2.07. The van der Waals surface area contributed by atoms with Gasteiger partial charge in [0.25, 0.3) is 0 Å². The molecule has 0 aromatic heterocycles. The van der Waals surface area contributed by atoms with E-state index in [0.717, 1.165) is 6.42 Å². The molecule has 2 unspecified atom stereocenters. The second kappa shape index (κ2) is 0.540. The quantitative estimate of drug-likeness (QED) is 0.403. The van der Waals surface area contributed by atoms with Crippen molar-refractivity contribution in [2.45, 2.75) is 18.6 Å². The van der Waals surface area contributed by atoms with Crippen LogP contribution in [0.1, 0.15) is 6.42 Å². The number of Topliss-reactive ketones (excluding diaryl/α,β-unsaturated/α-hetero) is 1. The highest BCUT2D eigenvalue weighted by Gasteiger charge is 2.53. The van der Waals surface area contributed by atoms with Gasteiger partial charge in [0.1, 0.15) is 12.2 Å². The van der Waals surface area contributed by atoms with Crippen LogP contribution in [0.5, 0.6) is 0 Å². The van der Waals surface area contributed by atoms with Gasteiger partial charge in [-0.05, 0) is 0 Å². The second-order valence-electron chi connectivity index (χ2n) is 1.75. The number of carbonyl (C=O) groups excluding carboxylic acids is 1. The zero-order valence-corrected chi connectivity index (χ0v) is 3.18. The van der Waals surface area contributed by atoms with Gasteiger partial charge in [-0.2, -0.15) is 0 Å². The van der Waals surface area contributed by atoms with E-state index in [1.54, 1.807) is 0 Å². The van der Waals surface area contributed by atoms with Crippen molar-refractivity contribution in [1.82, 2.24) is 0 Å². The minimum Gasteiger partial charge on any atom is -0.359 e. The second-order valence-corrected chi connectivity index (χ2v) is 1.75. The van der Waals surface area contributed by atoms with Crippen LogP contribution in [0.2, 0.25) is 0 Å². The molecule has 2 heterocycles. The molecule has 6 heavy (non-hydrogen) atoms. The average molecular weight is 84.1 g/mol. The fraction of sp³-hybridized carbons (Fsp3) is 0.750. The number of rotatable bonds is 0. The fourth-order valence-electron chi connectivity index (χ4n) is 0.723. The lowest BCUT2D eigenvalue weighted by Crippen LogP contribution is -2.63. The van der Waals surface area contributed by atoms with Crippen LogP contribution in [0.15, 0.2) is 0 Å². The van der Waals surface area contributed by atoms with Crippen LogP contribution in [0.4, 0.5) is 0 Å². The number of carbonyl (C=O) groups is 1. The Kier molecular flexibility index (Phi) is 0.247. The molecule has 2 heteroatoms. The van der Waals surface area contributed by atoms with Crippen LogP contribution in [0.25, 0.3) is 0 Å². The van der Waals surface area contributed by atoms with Crippen LogP contribution in [-0.4, -0.2) is 18.0 Å². The molecule has 0 radical (unpaired) electrons. The van der Waals surface area contributed by atoms with Crippen molar-refractivity contribution >= 4 is 5.78 Å². The molecule has 3 fully saturated rings. The van der Waals surface area contributed by atoms with Crippen molar-refractivity contribution in [3.05, 3.63) is 0 Å². The molecule has 2 aliphatic heterocycles. The van der Waals surface area contributed by atoms with Gasteiger partial charge in [0.2, 0.25) is 0 Å². The van der Waals surface area contributed by atoms with Gasteiger partial charge in [0, 0.05) is 6.42 Å². The maximum Gasteiger partial charge on any atom is 0.190 e. The molecule has 1 aliphatic carbocycles. The van der Waals surface area contributed by atoms with Gasteiger partial charge in [0.05, 0.1) is 0 Å². The molecule has 2 bridgehead atoms. The molecular formula is C4H4O2. The summed E-state index contributed by atoms with van der Waals surface area (Å²) < 4.78 is 4.79. The van der Waals surface area contributed by atoms with Gasteiger partial charge in [-0.15, -0.1) is 0 Å². The van der Waals surface area contributed by atoms with Crippen molar-refractivity contribution in [2.24, 2.45) is 0 Å². The van der Waals surface area contributed by atoms with Gasteiger partial charge in [-0.1, -0.05) is 0 Å². The van der Waals surface area contributed by atoms with E-state index in [-0.39, 0.29) is 12.2 Å². The third-order valence-electron chi connectivity index (χ3n) is 1.39. The highest BCUT2D eigenvalue weighted by molar-refractivity contribution is 5.98. The standard InChI is InChI=1S/C4H4O2/c5-4-2-1-3(4)6-2/h2-3H,1H2. The maximum absolute atomic E-state index is 10.2. The monoisotopic (exact) mass is 84.0 g/mol. The first kappa shape index (κ1) is 2.75. The Morgan fingerprint density at radius 1 is 1.67 bits per heavy atom. The summed E-state index contributed by atoms with van der Waals surface area (Å²) in [5, 5.41) is 0. The molecule has 0 aromatic carbocycles. The van der Waals surface area contributed by atoms with E-state index in [1.165, 1.54) is 0 Å². The molecular weight excluding hydrogens is 80.0 g/mol. The van der Waals surface area contributed by atoms with E-state index >= 15 is 0 Å². The Hall–Kier alpha value is -0.370. The lowest BCUT2D eigenvalue weighted by Gasteiger charge is -2.46. The van der Waals surface area contributed by atoms with Gasteiger partial charge in [-0.25, -0.2) is 0 Å². The first-order chi connectivity index (χ1) is 2.88. The molecule has 2 saturated heterocycles. The molecule has 3 rings (SSSR count). The largest absolute Gasteiger partial charge is 0.359 e. The Labute approximate surface area is 35.1 Å². The first-order valence-corrected chi connectivity index (χ1v) is 2.07. The van der Waals surface area contributed by atoms with Gasteiger partial charge >= 0.3 is 0 Å². The van der Waals surface area contributed by atoms with Crippen LogP contribution < -0.4 is 0 Å². The highest BCUT2D eigenvalue weighted by Crippen LogP contribution is 2.35. The third kappa shape index (κ3) is 0.103. The Morgan fingerprint density at radius 2 is 2.00 bits per heavy atom. The SMILES string of the molecule is O=C1C2CC1O2. The van der Waals surface area contributed by atoms with Crippen molar-refractivity contribution in [2.75, 3.05) is 0 Å². The molecule has 2 atom stereocenters. The zero-order valence-electron chi connectivity index (χ0n) is 3.18. The predicted molar refractivity (Wildman–Crippen MR) is 18.3 cm³/mol. The number of hydrogen-bond donors (Lipinski definition) is 0. The molecule has 2 nitrogen and oxygen atoms in total. The lowest BCUT2D eigenvalue weighted by molar-refractivity contribution is -0.218. The number of ether oxygens (including phenoxy) is 1. The topological polar surface area (TPSA) is 26.3 Å². The summed E-state index contributed by atoms with van der Waals surface area (Å²) in [4.78, 5) is 10.2. The summed E-state index contributed by atoms with van der Waals surface area (Å²) in [6.45, 7) is 0. The Bertz CT molecular complexity index is 92.1. The van der Waals surface area contributed by atoms with Crippen LogP contribution in [-0.2, 0) is 9.53 Å². The predicted octanol–water partition coefficient (Wildman–Crippen LogP) is -0.273. The zero-order chi connectivity index (χ0) is 4.15. The summed E-state index contributed by atoms with van der Waals surface area (Å²) in [6.07, 6.45) is 1.07. The Morgan fingerprint density at radius 3 is 2.00 bits per heavy atom. The lowest BCUT2D eigenvalue weighted by atomic mass is 9.82. The van der Waals surface area contributed by atoms with Crippen LogP contribution >= 0.6 is 0 Å². The minimum atomic E-state index is 0.0370.